The normalized spacial score (nSPS) is 18.6. The van der Waals surface area contributed by atoms with Gasteiger partial charge in [0.05, 0.1) is 18.8 Å². The fourth-order valence-corrected chi connectivity index (χ4v) is 2.89. The van der Waals surface area contributed by atoms with Crippen LogP contribution in [0.4, 0.5) is 0 Å². The van der Waals surface area contributed by atoms with E-state index in [9.17, 15) is 9.90 Å². The summed E-state index contributed by atoms with van der Waals surface area (Å²) in [7, 11) is 0. The van der Waals surface area contributed by atoms with Crippen molar-refractivity contribution >= 4 is 5.91 Å². The average molecular weight is 291 g/mol. The highest BCUT2D eigenvalue weighted by molar-refractivity contribution is 5.73. The van der Waals surface area contributed by atoms with Crippen LogP contribution in [0.25, 0.3) is 0 Å². The molecule has 116 valence electrons. The van der Waals surface area contributed by atoms with Gasteiger partial charge in [-0.3, -0.25) is 4.79 Å². The van der Waals surface area contributed by atoms with E-state index in [1.54, 1.807) is 0 Å². The predicted molar refractivity (Wildman–Crippen MR) is 82.3 cm³/mol. The van der Waals surface area contributed by atoms with Crippen LogP contribution in [0.5, 0.6) is 5.75 Å². The van der Waals surface area contributed by atoms with Gasteiger partial charge < -0.3 is 15.2 Å². The first-order chi connectivity index (χ1) is 10.0. The van der Waals surface area contributed by atoms with E-state index >= 15 is 0 Å². The Bertz CT molecular complexity index is 513. The highest BCUT2D eigenvalue weighted by Crippen LogP contribution is 2.39. The summed E-state index contributed by atoms with van der Waals surface area (Å²) in [6.07, 6.45) is 3.04. The highest BCUT2D eigenvalue weighted by atomic mass is 16.5. The lowest BCUT2D eigenvalue weighted by Crippen LogP contribution is -2.31. The molecule has 4 heteroatoms. The third-order valence-corrected chi connectivity index (χ3v) is 3.89. The summed E-state index contributed by atoms with van der Waals surface area (Å²) in [6, 6.07) is 4.02. The molecule has 2 N–H and O–H groups in total. The second kappa shape index (κ2) is 6.94. The lowest BCUT2D eigenvalue weighted by atomic mass is 9.92. The largest absolute Gasteiger partial charge is 0.493 e. The number of amides is 1. The summed E-state index contributed by atoms with van der Waals surface area (Å²) in [5, 5.41) is 13.4. The zero-order valence-corrected chi connectivity index (χ0v) is 13.1. The number of nitrogens with one attached hydrogen (secondary N) is 1. The summed E-state index contributed by atoms with van der Waals surface area (Å²) in [5.74, 6) is 0.719. The molecule has 0 bridgehead atoms. The molecule has 1 aliphatic rings. The van der Waals surface area contributed by atoms with Gasteiger partial charge in [0.2, 0.25) is 5.91 Å². The molecular weight excluding hydrogens is 266 g/mol. The maximum Gasteiger partial charge on any atom is 0.217 e. The van der Waals surface area contributed by atoms with Crippen LogP contribution in [0.3, 0.4) is 0 Å². The van der Waals surface area contributed by atoms with Crippen LogP contribution in [0.15, 0.2) is 12.1 Å². The minimum absolute atomic E-state index is 0.0247. The summed E-state index contributed by atoms with van der Waals surface area (Å²) in [5.41, 5.74) is 2.93. The van der Waals surface area contributed by atoms with Crippen molar-refractivity contribution in [2.45, 2.75) is 58.6 Å². The number of carbonyl (C=O) groups excluding carboxylic acids is 1. The highest BCUT2D eigenvalue weighted by Gasteiger charge is 2.27. The van der Waals surface area contributed by atoms with E-state index in [1.165, 1.54) is 6.92 Å². The van der Waals surface area contributed by atoms with E-state index in [1.807, 2.05) is 19.1 Å². The monoisotopic (exact) mass is 291 g/mol. The first-order valence-electron chi connectivity index (χ1n) is 7.75. The van der Waals surface area contributed by atoms with Gasteiger partial charge in [0.15, 0.2) is 0 Å². The van der Waals surface area contributed by atoms with E-state index in [-0.39, 0.29) is 11.9 Å². The molecule has 2 unspecified atom stereocenters. The number of fused-ring (bicyclic) bond motifs is 1. The van der Waals surface area contributed by atoms with Crippen LogP contribution in [-0.4, -0.2) is 17.6 Å². The minimum atomic E-state index is -0.505. The average Bonchev–Trinajstić information content (AvgIpc) is 2.44. The van der Waals surface area contributed by atoms with E-state index in [4.69, 9.17) is 4.74 Å². The Morgan fingerprint density at radius 3 is 2.95 bits per heavy atom. The van der Waals surface area contributed by atoms with Gasteiger partial charge in [-0.25, -0.2) is 0 Å². The van der Waals surface area contributed by atoms with Gasteiger partial charge in [-0.05, 0) is 19.4 Å². The van der Waals surface area contributed by atoms with Crippen LogP contribution < -0.4 is 10.1 Å². The molecule has 0 spiro atoms. The number of ether oxygens (including phenoxy) is 1. The van der Waals surface area contributed by atoms with Gasteiger partial charge in [-0.1, -0.05) is 31.4 Å². The van der Waals surface area contributed by atoms with Crippen molar-refractivity contribution in [3.05, 3.63) is 28.8 Å². The Morgan fingerprint density at radius 1 is 1.52 bits per heavy atom. The third kappa shape index (κ3) is 3.76. The number of unbranched alkanes of at least 4 members (excludes halogenated alkanes) is 1. The Balaban J connectivity index is 2.35. The Labute approximate surface area is 126 Å². The molecule has 1 heterocycles. The Hall–Kier alpha value is -1.55. The molecule has 0 saturated carbocycles. The van der Waals surface area contributed by atoms with Gasteiger partial charge in [-0.2, -0.15) is 0 Å². The number of aliphatic hydroxyl groups is 1. The standard InChI is InChI=1S/C17H25NO3/c1-4-5-6-16(20)14-10-11(2)9-13-15(18-12(3)19)7-8-21-17(13)14/h9-10,15-16,20H,4-8H2,1-3H3,(H,18,19). The van der Waals surface area contributed by atoms with Crippen molar-refractivity contribution in [3.8, 4) is 5.75 Å². The summed E-state index contributed by atoms with van der Waals surface area (Å²) in [4.78, 5) is 11.4. The number of carbonyl (C=O) groups is 1. The summed E-state index contributed by atoms with van der Waals surface area (Å²) < 4.78 is 5.81. The Morgan fingerprint density at radius 2 is 2.29 bits per heavy atom. The van der Waals surface area contributed by atoms with Crippen LogP contribution in [0, 0.1) is 6.92 Å². The van der Waals surface area contributed by atoms with Gasteiger partial charge in [0.25, 0.3) is 0 Å². The van der Waals surface area contributed by atoms with Crippen LogP contribution in [-0.2, 0) is 4.79 Å². The lowest BCUT2D eigenvalue weighted by Gasteiger charge is -2.29. The number of hydrogen-bond donors (Lipinski definition) is 2. The fourth-order valence-electron chi connectivity index (χ4n) is 2.89. The first-order valence-corrected chi connectivity index (χ1v) is 7.75. The SMILES string of the molecule is CCCCC(O)c1cc(C)cc2c1OCCC2NC(C)=O. The molecular formula is C17H25NO3. The Kier molecular flexibility index (Phi) is 5.23. The molecule has 4 nitrogen and oxygen atoms in total. The minimum Gasteiger partial charge on any atom is -0.493 e. The van der Waals surface area contributed by atoms with E-state index in [0.29, 0.717) is 6.61 Å². The van der Waals surface area contributed by atoms with E-state index in [0.717, 1.165) is 48.1 Å². The molecule has 1 aromatic carbocycles. The van der Waals surface area contributed by atoms with Crippen molar-refractivity contribution in [1.29, 1.82) is 0 Å². The van der Waals surface area contributed by atoms with Crippen molar-refractivity contribution < 1.29 is 14.6 Å². The molecule has 1 aromatic rings. The van der Waals surface area contributed by atoms with Gasteiger partial charge in [-0.15, -0.1) is 0 Å². The van der Waals surface area contributed by atoms with Gasteiger partial charge in [0, 0.05) is 24.5 Å². The number of aryl methyl sites for hydroxylation is 1. The van der Waals surface area contributed by atoms with E-state index < -0.39 is 6.10 Å². The van der Waals surface area contributed by atoms with Crippen molar-refractivity contribution in [2.24, 2.45) is 0 Å². The lowest BCUT2D eigenvalue weighted by molar-refractivity contribution is -0.119. The second-order valence-electron chi connectivity index (χ2n) is 5.82. The number of benzene rings is 1. The fraction of sp³-hybridized carbons (Fsp3) is 0.588. The van der Waals surface area contributed by atoms with Crippen molar-refractivity contribution in [1.82, 2.24) is 5.32 Å². The number of rotatable bonds is 5. The van der Waals surface area contributed by atoms with Crippen LogP contribution >= 0.6 is 0 Å². The molecule has 1 amide bonds. The first kappa shape index (κ1) is 15.8. The molecule has 2 atom stereocenters. The molecule has 0 aliphatic carbocycles. The molecule has 0 fully saturated rings. The molecule has 0 aromatic heterocycles. The maximum atomic E-state index is 11.4. The summed E-state index contributed by atoms with van der Waals surface area (Å²) >= 11 is 0. The van der Waals surface area contributed by atoms with Crippen molar-refractivity contribution in [2.75, 3.05) is 6.61 Å². The third-order valence-electron chi connectivity index (χ3n) is 3.89. The number of aliphatic hydroxyl groups excluding tert-OH is 1. The molecule has 0 saturated heterocycles. The zero-order valence-electron chi connectivity index (χ0n) is 13.1. The predicted octanol–water partition coefficient (Wildman–Crippen LogP) is 3.18. The van der Waals surface area contributed by atoms with Crippen LogP contribution in [0.2, 0.25) is 0 Å². The van der Waals surface area contributed by atoms with Crippen molar-refractivity contribution in [3.63, 3.8) is 0 Å². The topological polar surface area (TPSA) is 58.6 Å². The maximum absolute atomic E-state index is 11.4. The van der Waals surface area contributed by atoms with E-state index in [2.05, 4.69) is 12.2 Å². The molecule has 2 rings (SSSR count). The summed E-state index contributed by atoms with van der Waals surface area (Å²) in [6.45, 7) is 6.22. The smallest absolute Gasteiger partial charge is 0.217 e. The zero-order chi connectivity index (χ0) is 15.4. The molecule has 21 heavy (non-hydrogen) atoms. The second-order valence-corrected chi connectivity index (χ2v) is 5.82. The quantitative estimate of drug-likeness (QED) is 0.876. The van der Waals surface area contributed by atoms with Crippen LogP contribution in [0.1, 0.15) is 68.4 Å². The molecule has 0 radical (unpaired) electrons. The van der Waals surface area contributed by atoms with Gasteiger partial charge in [0.1, 0.15) is 5.75 Å². The number of hydrogen-bond acceptors (Lipinski definition) is 3. The van der Waals surface area contributed by atoms with Gasteiger partial charge >= 0.3 is 0 Å². The molecule has 1 aliphatic heterocycles.